The molecular weight excluding hydrogens is 757 g/mol. The number of hydrogen-bond acceptors (Lipinski definition) is 4. The van der Waals surface area contributed by atoms with Crippen LogP contribution in [0, 0.1) is 5.41 Å². The van der Waals surface area contributed by atoms with Crippen LogP contribution in [0.2, 0.25) is 0 Å². The third kappa shape index (κ3) is 8.15. The van der Waals surface area contributed by atoms with Gasteiger partial charge >= 0.3 is 0 Å². The van der Waals surface area contributed by atoms with Gasteiger partial charge in [0.05, 0.1) is 17.7 Å². The highest BCUT2D eigenvalue weighted by Crippen LogP contribution is 2.45. The molecule has 0 saturated carbocycles. The number of rotatable bonds is 7. The van der Waals surface area contributed by atoms with Crippen LogP contribution in [-0.4, -0.2) is 16.2 Å². The van der Waals surface area contributed by atoms with Crippen molar-refractivity contribution in [1.82, 2.24) is 9.55 Å². The molecular formula is C57H66N4O. The molecule has 0 radical (unpaired) electrons. The summed E-state index contributed by atoms with van der Waals surface area (Å²) in [6.07, 6.45) is 4.30. The van der Waals surface area contributed by atoms with Gasteiger partial charge in [-0.25, -0.2) is 4.98 Å². The SMILES string of the molecule is CC(C)(C)C1=CN(c2cc(Oc3cc(C(C)(C)C)c4c5ccccc5n(-c5cc(C(C)(C)C)ccn5)c4c3)cc(C(C)(C)C)c2)CN1c1cccc(C(C)(C)c2ccccc2)c1. The first-order chi connectivity index (χ1) is 29.0. The predicted molar refractivity (Wildman–Crippen MR) is 264 cm³/mol. The molecule has 5 aromatic carbocycles. The Labute approximate surface area is 371 Å². The van der Waals surface area contributed by atoms with Crippen LogP contribution < -0.4 is 14.5 Å². The molecule has 0 unspecified atom stereocenters. The summed E-state index contributed by atoms with van der Waals surface area (Å²) in [7, 11) is 0. The van der Waals surface area contributed by atoms with Crippen LogP contribution in [0.15, 0.2) is 139 Å². The van der Waals surface area contributed by atoms with Crippen molar-refractivity contribution in [3.05, 3.63) is 167 Å². The van der Waals surface area contributed by atoms with Crippen LogP contribution in [0.5, 0.6) is 11.5 Å². The summed E-state index contributed by atoms with van der Waals surface area (Å²) in [5.41, 5.74) is 11.6. The van der Waals surface area contributed by atoms with Crippen molar-refractivity contribution in [2.24, 2.45) is 5.41 Å². The molecule has 0 fully saturated rings. The van der Waals surface area contributed by atoms with Gasteiger partial charge in [-0.1, -0.05) is 158 Å². The van der Waals surface area contributed by atoms with E-state index in [-0.39, 0.29) is 27.1 Å². The van der Waals surface area contributed by atoms with Gasteiger partial charge in [0.1, 0.15) is 17.3 Å². The fourth-order valence-electron chi connectivity index (χ4n) is 8.90. The first-order valence-corrected chi connectivity index (χ1v) is 22.3. The van der Waals surface area contributed by atoms with Crippen molar-refractivity contribution in [2.45, 2.75) is 119 Å². The standard InChI is InChI=1S/C57H66N4O/c1-53(2,3)39-27-28-58-51(32-39)61-48-26-19-18-25-46(48)52-47(55(7,8)9)34-45(35-49(52)61)62-44-31-41(54(4,5)6)30-43(33-44)59-36-50(56(10,11)12)60(37-59)42-24-20-23-40(29-42)57(13,14)38-21-16-15-17-22-38/h15-36H,37H2,1-14H3. The Morgan fingerprint density at radius 1 is 0.500 bits per heavy atom. The minimum absolute atomic E-state index is 0.0183. The van der Waals surface area contributed by atoms with E-state index in [1.165, 1.54) is 50.0 Å². The molecule has 5 heteroatoms. The van der Waals surface area contributed by atoms with Crippen LogP contribution >= 0.6 is 0 Å². The van der Waals surface area contributed by atoms with Crippen LogP contribution in [0.4, 0.5) is 11.4 Å². The van der Waals surface area contributed by atoms with Gasteiger partial charge in [-0.3, -0.25) is 4.57 Å². The van der Waals surface area contributed by atoms with E-state index in [4.69, 9.17) is 9.72 Å². The Morgan fingerprint density at radius 2 is 1.15 bits per heavy atom. The minimum Gasteiger partial charge on any atom is -0.457 e. The fraction of sp³-hybridized carbons (Fsp3) is 0.351. The Bertz CT molecular complexity index is 2810. The summed E-state index contributed by atoms with van der Waals surface area (Å²) in [6.45, 7) is 32.8. The lowest BCUT2D eigenvalue weighted by Crippen LogP contribution is -2.31. The second-order valence-corrected chi connectivity index (χ2v) is 22.0. The third-order valence-electron chi connectivity index (χ3n) is 12.7. The van der Waals surface area contributed by atoms with E-state index in [9.17, 15) is 0 Å². The van der Waals surface area contributed by atoms with E-state index in [2.05, 4.69) is 239 Å². The largest absolute Gasteiger partial charge is 0.457 e. The summed E-state index contributed by atoms with van der Waals surface area (Å²) in [5.74, 6) is 2.53. The minimum atomic E-state index is -0.160. The number of aromatic nitrogens is 2. The lowest BCUT2D eigenvalue weighted by Gasteiger charge is -2.33. The van der Waals surface area contributed by atoms with Gasteiger partial charge in [0.25, 0.3) is 0 Å². The fourth-order valence-corrected chi connectivity index (χ4v) is 8.90. The number of ether oxygens (including phenoxy) is 1. The maximum Gasteiger partial charge on any atom is 0.137 e. The quantitative estimate of drug-likeness (QED) is 0.160. The average molecular weight is 823 g/mol. The lowest BCUT2D eigenvalue weighted by atomic mass is 9.78. The van der Waals surface area contributed by atoms with Crippen LogP contribution in [0.25, 0.3) is 27.6 Å². The monoisotopic (exact) mass is 823 g/mol. The molecule has 3 heterocycles. The highest BCUT2D eigenvalue weighted by molar-refractivity contribution is 6.11. The van der Waals surface area contributed by atoms with Crippen molar-refractivity contribution in [2.75, 3.05) is 16.5 Å². The number of pyridine rings is 1. The molecule has 8 rings (SSSR count). The molecule has 7 aromatic rings. The molecule has 5 nitrogen and oxygen atoms in total. The molecule has 1 aliphatic rings. The van der Waals surface area contributed by atoms with Crippen molar-refractivity contribution < 1.29 is 4.74 Å². The maximum atomic E-state index is 7.13. The maximum absolute atomic E-state index is 7.13. The topological polar surface area (TPSA) is 33.5 Å². The Morgan fingerprint density at radius 3 is 1.82 bits per heavy atom. The normalized spacial score (nSPS) is 14.3. The number of benzene rings is 5. The summed E-state index contributed by atoms with van der Waals surface area (Å²) < 4.78 is 9.46. The zero-order valence-electron chi connectivity index (χ0n) is 39.6. The number of nitrogens with zero attached hydrogens (tertiary/aromatic N) is 4. The van der Waals surface area contributed by atoms with Crippen molar-refractivity contribution in [3.63, 3.8) is 0 Å². The molecule has 0 saturated heterocycles. The molecule has 0 bridgehead atoms. The summed E-state index contributed by atoms with van der Waals surface area (Å²) in [5, 5.41) is 2.45. The van der Waals surface area contributed by atoms with Crippen molar-refractivity contribution >= 4 is 33.2 Å². The average Bonchev–Trinajstić information content (AvgIpc) is 3.81. The van der Waals surface area contributed by atoms with Gasteiger partial charge in [-0.05, 0) is 92.6 Å². The first-order valence-electron chi connectivity index (χ1n) is 22.3. The van der Waals surface area contributed by atoms with Crippen LogP contribution in [0.3, 0.4) is 0 Å². The van der Waals surface area contributed by atoms with Gasteiger partial charge < -0.3 is 14.5 Å². The number of allylic oxidation sites excluding steroid dienone is 1. The zero-order valence-corrected chi connectivity index (χ0v) is 39.6. The van der Waals surface area contributed by atoms with E-state index in [0.717, 1.165) is 34.0 Å². The number of hydrogen-bond donors (Lipinski definition) is 0. The van der Waals surface area contributed by atoms with Gasteiger partial charge in [0.2, 0.25) is 0 Å². The van der Waals surface area contributed by atoms with Crippen LogP contribution in [-0.2, 0) is 21.7 Å². The molecule has 0 spiro atoms. The first kappa shape index (κ1) is 42.9. The zero-order chi connectivity index (χ0) is 44.6. The Balaban J connectivity index is 1.23. The van der Waals surface area contributed by atoms with Crippen molar-refractivity contribution in [3.8, 4) is 17.3 Å². The molecule has 2 aromatic heterocycles. The molecule has 1 aliphatic heterocycles. The van der Waals surface area contributed by atoms with Gasteiger partial charge in [0, 0.05) is 63.2 Å². The second-order valence-electron chi connectivity index (χ2n) is 22.0. The predicted octanol–water partition coefficient (Wildman–Crippen LogP) is 15.4. The molecule has 62 heavy (non-hydrogen) atoms. The molecule has 320 valence electrons. The lowest BCUT2D eigenvalue weighted by molar-refractivity contribution is 0.476. The number of anilines is 2. The molecule has 0 aliphatic carbocycles. The van der Waals surface area contributed by atoms with E-state index in [1.807, 2.05) is 6.20 Å². The molecule has 0 atom stereocenters. The second kappa shape index (κ2) is 15.2. The van der Waals surface area contributed by atoms with Crippen molar-refractivity contribution in [1.29, 1.82) is 0 Å². The third-order valence-corrected chi connectivity index (χ3v) is 12.7. The molecule has 0 amide bonds. The summed E-state index contributed by atoms with van der Waals surface area (Å²) in [6, 6.07) is 44.3. The highest BCUT2D eigenvalue weighted by Gasteiger charge is 2.33. The van der Waals surface area contributed by atoms with Gasteiger partial charge in [-0.2, -0.15) is 0 Å². The smallest absolute Gasteiger partial charge is 0.137 e. The molecule has 0 N–H and O–H groups in total. The van der Waals surface area contributed by atoms with Gasteiger partial charge in [-0.15, -0.1) is 0 Å². The Kier molecular flexibility index (Phi) is 10.5. The van der Waals surface area contributed by atoms with E-state index < -0.39 is 0 Å². The number of fused-ring (bicyclic) bond motifs is 3. The Hall–Kier alpha value is -5.81. The summed E-state index contributed by atoms with van der Waals surface area (Å²) in [4.78, 5) is 9.87. The number of para-hydroxylation sites is 1. The van der Waals surface area contributed by atoms with E-state index >= 15 is 0 Å². The van der Waals surface area contributed by atoms with E-state index in [0.29, 0.717) is 6.67 Å². The summed E-state index contributed by atoms with van der Waals surface area (Å²) >= 11 is 0. The highest BCUT2D eigenvalue weighted by atomic mass is 16.5. The van der Waals surface area contributed by atoms with E-state index in [1.54, 1.807) is 0 Å². The van der Waals surface area contributed by atoms with Gasteiger partial charge in [0.15, 0.2) is 0 Å². The van der Waals surface area contributed by atoms with Crippen LogP contribution in [0.1, 0.15) is 125 Å².